The number of azide groups is 1. The van der Waals surface area contributed by atoms with E-state index < -0.39 is 5.60 Å². The number of ether oxygens (including phenoxy) is 2. The van der Waals surface area contributed by atoms with Gasteiger partial charge >= 0.3 is 0 Å². The van der Waals surface area contributed by atoms with E-state index in [9.17, 15) is 0 Å². The third-order valence-electron chi connectivity index (χ3n) is 3.13. The summed E-state index contributed by atoms with van der Waals surface area (Å²) in [4.78, 5) is 2.76. The zero-order valence-corrected chi connectivity index (χ0v) is 13.6. The van der Waals surface area contributed by atoms with E-state index in [0.717, 1.165) is 12.2 Å². The second-order valence-corrected chi connectivity index (χ2v) is 6.42. The van der Waals surface area contributed by atoms with Gasteiger partial charge in [-0.3, -0.25) is 0 Å². The quantitative estimate of drug-likeness (QED) is 0.397. The zero-order valence-electron chi connectivity index (χ0n) is 13.6. The van der Waals surface area contributed by atoms with Gasteiger partial charge in [0.2, 0.25) is 0 Å². The van der Waals surface area contributed by atoms with E-state index in [4.69, 9.17) is 15.0 Å². The molecule has 0 atom stereocenters. The molecule has 21 heavy (non-hydrogen) atoms. The minimum atomic E-state index is -0.452. The molecule has 0 aliphatic rings. The molecule has 0 unspecified atom stereocenters. The number of rotatable bonds is 8. The highest BCUT2D eigenvalue weighted by Crippen LogP contribution is 2.22. The summed E-state index contributed by atoms with van der Waals surface area (Å²) in [6.07, 6.45) is 0.751. The first-order valence-corrected chi connectivity index (χ1v) is 7.15. The Kier molecular flexibility index (Phi) is 6.06. The monoisotopic (exact) mass is 291 g/mol. The van der Waals surface area contributed by atoms with Crippen LogP contribution in [-0.2, 0) is 4.74 Å². The first kappa shape index (κ1) is 17.3. The molecule has 116 valence electrons. The number of hydrogen-bond acceptors (Lipinski definition) is 3. The standard InChI is InChI=1S/C16H25N3O2/c1-13-6-8-14(9-7-13)21-15(2,3)10-11-20-16(4,5)12-18-19-17/h6-9H,10-12H2,1-5H3. The molecule has 1 rings (SSSR count). The van der Waals surface area contributed by atoms with Gasteiger partial charge in [-0.15, -0.1) is 0 Å². The molecule has 0 aliphatic heterocycles. The van der Waals surface area contributed by atoms with Gasteiger partial charge < -0.3 is 9.47 Å². The van der Waals surface area contributed by atoms with Crippen LogP contribution in [0.5, 0.6) is 5.75 Å². The normalized spacial score (nSPS) is 11.9. The van der Waals surface area contributed by atoms with E-state index in [1.807, 2.05) is 52.0 Å². The molecule has 0 N–H and O–H groups in total. The maximum Gasteiger partial charge on any atom is 0.120 e. The van der Waals surface area contributed by atoms with Crippen LogP contribution in [0.1, 0.15) is 39.7 Å². The Labute approximate surface area is 126 Å². The lowest BCUT2D eigenvalue weighted by molar-refractivity contribution is -0.0347. The molecule has 0 fully saturated rings. The van der Waals surface area contributed by atoms with Crippen molar-refractivity contribution in [1.29, 1.82) is 0 Å². The Hall–Kier alpha value is -1.71. The predicted molar refractivity (Wildman–Crippen MR) is 84.5 cm³/mol. The fourth-order valence-electron chi connectivity index (χ4n) is 1.80. The van der Waals surface area contributed by atoms with Gasteiger partial charge in [-0.25, -0.2) is 0 Å². The molecule has 0 radical (unpaired) electrons. The first-order chi connectivity index (χ1) is 9.74. The molecule has 0 aliphatic carbocycles. The summed E-state index contributed by atoms with van der Waals surface area (Å²) in [5.74, 6) is 0.860. The Bertz CT molecular complexity index is 489. The van der Waals surface area contributed by atoms with Crippen molar-refractivity contribution in [2.24, 2.45) is 5.11 Å². The van der Waals surface area contributed by atoms with E-state index >= 15 is 0 Å². The molecule has 0 amide bonds. The van der Waals surface area contributed by atoms with Crippen LogP contribution in [0.4, 0.5) is 0 Å². The van der Waals surface area contributed by atoms with Gasteiger partial charge in [0.25, 0.3) is 0 Å². The molecule has 0 saturated carbocycles. The van der Waals surface area contributed by atoms with Gasteiger partial charge in [0.05, 0.1) is 18.8 Å². The Balaban J connectivity index is 2.45. The van der Waals surface area contributed by atoms with Crippen LogP contribution in [0.15, 0.2) is 29.4 Å². The van der Waals surface area contributed by atoms with Crippen LogP contribution in [0.3, 0.4) is 0 Å². The van der Waals surface area contributed by atoms with Crippen molar-refractivity contribution in [2.45, 2.75) is 52.2 Å². The molecule has 1 aromatic rings. The van der Waals surface area contributed by atoms with Crippen LogP contribution >= 0.6 is 0 Å². The Morgan fingerprint density at radius 1 is 1.10 bits per heavy atom. The number of benzene rings is 1. The summed E-state index contributed by atoms with van der Waals surface area (Å²) in [6, 6.07) is 8.02. The highest BCUT2D eigenvalue weighted by molar-refractivity contribution is 5.26. The molecule has 0 heterocycles. The molecule has 0 aromatic heterocycles. The lowest BCUT2D eigenvalue weighted by atomic mass is 10.1. The summed E-state index contributed by atoms with van der Waals surface area (Å²) < 4.78 is 11.8. The molecular formula is C16H25N3O2. The molecule has 1 aromatic carbocycles. The SMILES string of the molecule is Cc1ccc(OC(C)(C)CCOC(C)(C)CN=[N+]=[N-])cc1. The maximum atomic E-state index is 8.35. The van der Waals surface area contributed by atoms with Gasteiger partial charge in [-0.05, 0) is 52.3 Å². The Morgan fingerprint density at radius 3 is 2.29 bits per heavy atom. The van der Waals surface area contributed by atoms with Crippen LogP contribution < -0.4 is 4.74 Å². The third kappa shape index (κ3) is 7.02. The van der Waals surface area contributed by atoms with Crippen molar-refractivity contribution in [3.8, 4) is 5.75 Å². The summed E-state index contributed by atoms with van der Waals surface area (Å²) in [7, 11) is 0. The van der Waals surface area contributed by atoms with Crippen molar-refractivity contribution in [1.82, 2.24) is 0 Å². The van der Waals surface area contributed by atoms with Crippen molar-refractivity contribution < 1.29 is 9.47 Å². The zero-order chi connectivity index (χ0) is 15.9. The topological polar surface area (TPSA) is 67.2 Å². The molecule has 5 nitrogen and oxygen atoms in total. The van der Waals surface area contributed by atoms with E-state index in [1.54, 1.807) is 0 Å². The van der Waals surface area contributed by atoms with Crippen molar-refractivity contribution >= 4 is 0 Å². The largest absolute Gasteiger partial charge is 0.488 e. The van der Waals surface area contributed by atoms with E-state index in [-0.39, 0.29) is 5.60 Å². The molecular weight excluding hydrogens is 266 g/mol. The van der Waals surface area contributed by atoms with Gasteiger partial charge in [0.1, 0.15) is 11.4 Å². The van der Waals surface area contributed by atoms with Crippen molar-refractivity contribution in [2.75, 3.05) is 13.2 Å². The van der Waals surface area contributed by atoms with Crippen LogP contribution in [0, 0.1) is 6.92 Å². The van der Waals surface area contributed by atoms with Crippen molar-refractivity contribution in [3.05, 3.63) is 40.3 Å². The lowest BCUT2D eigenvalue weighted by Gasteiger charge is -2.29. The van der Waals surface area contributed by atoms with E-state index in [0.29, 0.717) is 13.2 Å². The van der Waals surface area contributed by atoms with Crippen molar-refractivity contribution in [3.63, 3.8) is 0 Å². The summed E-state index contributed by atoms with van der Waals surface area (Å²) in [5, 5.41) is 3.56. The molecule has 0 bridgehead atoms. The summed E-state index contributed by atoms with van der Waals surface area (Å²) >= 11 is 0. The van der Waals surface area contributed by atoms with E-state index in [2.05, 4.69) is 16.9 Å². The highest BCUT2D eigenvalue weighted by atomic mass is 16.5. The second kappa shape index (κ2) is 7.34. The average molecular weight is 291 g/mol. The fourth-order valence-corrected chi connectivity index (χ4v) is 1.80. The van der Waals surface area contributed by atoms with E-state index in [1.165, 1.54) is 5.56 Å². The smallest absolute Gasteiger partial charge is 0.120 e. The lowest BCUT2D eigenvalue weighted by Crippen LogP contribution is -2.34. The summed E-state index contributed by atoms with van der Waals surface area (Å²) in [5.41, 5.74) is 8.79. The minimum absolute atomic E-state index is 0.316. The number of hydrogen-bond donors (Lipinski definition) is 0. The van der Waals surface area contributed by atoms with Gasteiger partial charge in [-0.1, -0.05) is 22.8 Å². The van der Waals surface area contributed by atoms with Crippen LogP contribution in [0.2, 0.25) is 0 Å². The minimum Gasteiger partial charge on any atom is -0.488 e. The number of aryl methyl sites for hydroxylation is 1. The van der Waals surface area contributed by atoms with Gasteiger partial charge in [0, 0.05) is 11.3 Å². The first-order valence-electron chi connectivity index (χ1n) is 7.15. The highest BCUT2D eigenvalue weighted by Gasteiger charge is 2.23. The fraction of sp³-hybridized carbons (Fsp3) is 0.625. The van der Waals surface area contributed by atoms with Crippen LogP contribution in [-0.4, -0.2) is 24.4 Å². The molecule has 5 heteroatoms. The van der Waals surface area contributed by atoms with Gasteiger partial charge in [-0.2, -0.15) is 0 Å². The maximum absolute atomic E-state index is 8.35. The van der Waals surface area contributed by atoms with Crippen LogP contribution in [0.25, 0.3) is 10.4 Å². The predicted octanol–water partition coefficient (Wildman–Crippen LogP) is 4.65. The average Bonchev–Trinajstić information content (AvgIpc) is 2.38. The number of nitrogens with zero attached hydrogens (tertiary/aromatic N) is 3. The second-order valence-electron chi connectivity index (χ2n) is 6.42. The van der Waals surface area contributed by atoms with Gasteiger partial charge in [0.15, 0.2) is 0 Å². The molecule has 0 saturated heterocycles. The third-order valence-corrected chi connectivity index (χ3v) is 3.13. The Morgan fingerprint density at radius 2 is 1.71 bits per heavy atom. The summed E-state index contributed by atoms with van der Waals surface area (Å²) in [6.45, 7) is 10.8. The molecule has 0 spiro atoms.